The first-order valence-corrected chi connectivity index (χ1v) is 10.3. The van der Waals surface area contributed by atoms with Gasteiger partial charge in [-0.1, -0.05) is 66.7 Å². The Kier molecular flexibility index (Phi) is 5.50. The summed E-state index contributed by atoms with van der Waals surface area (Å²) < 4.78 is 27.9. The van der Waals surface area contributed by atoms with Gasteiger partial charge >= 0.3 is 0 Å². The summed E-state index contributed by atoms with van der Waals surface area (Å²) in [4.78, 5) is 19.1. The normalized spacial score (nSPS) is 21.1. The summed E-state index contributed by atoms with van der Waals surface area (Å²) in [5, 5.41) is 0. The van der Waals surface area contributed by atoms with Gasteiger partial charge in [-0.05, 0) is 23.3 Å². The van der Waals surface area contributed by atoms with Crippen LogP contribution in [0.5, 0.6) is 5.75 Å². The first-order valence-electron chi connectivity index (χ1n) is 10.3. The van der Waals surface area contributed by atoms with E-state index in [1.807, 2.05) is 67.7 Å². The first-order chi connectivity index (χ1) is 14.9. The number of primary amides is 1. The number of carbonyl (C=O) groups excluding carboxylic acids is 1. The molecule has 2 N–H and O–H groups in total. The highest BCUT2D eigenvalue weighted by atomic mass is 19.2. The number of carbonyl (C=O) groups is 1. The van der Waals surface area contributed by atoms with Crippen LogP contribution >= 0.6 is 0 Å². The van der Waals surface area contributed by atoms with Crippen molar-refractivity contribution in [2.75, 3.05) is 20.1 Å². The number of likely N-dealkylation sites (tertiary alicyclic amines) is 1. The molecule has 0 spiro atoms. The van der Waals surface area contributed by atoms with E-state index in [1.165, 1.54) is 12.1 Å². The van der Waals surface area contributed by atoms with Gasteiger partial charge in [0.2, 0.25) is 17.5 Å². The summed E-state index contributed by atoms with van der Waals surface area (Å²) in [7, 11) is 1.81. The molecule has 1 amide bonds. The molecule has 2 unspecified atom stereocenters. The molecule has 0 radical (unpaired) electrons. The lowest BCUT2D eigenvalue weighted by molar-refractivity contribution is -1.06. The monoisotopic (exact) mass is 423 g/mol. The summed E-state index contributed by atoms with van der Waals surface area (Å²) in [6, 6.07) is 22.8. The van der Waals surface area contributed by atoms with E-state index in [2.05, 4.69) is 0 Å². The lowest BCUT2D eigenvalue weighted by Crippen LogP contribution is -2.52. The smallest absolute Gasteiger partial charge is 0.233 e. The maximum Gasteiger partial charge on any atom is 0.233 e. The Labute approximate surface area is 180 Å². The minimum Gasteiger partial charge on any atom is -0.369 e. The van der Waals surface area contributed by atoms with Crippen LogP contribution in [0.4, 0.5) is 8.78 Å². The molecule has 0 saturated carbocycles. The number of nitrogens with zero attached hydrogens (tertiary/aromatic N) is 1. The fourth-order valence-corrected chi connectivity index (χ4v) is 4.83. The van der Waals surface area contributed by atoms with Crippen LogP contribution < -0.4 is 10.6 Å². The maximum absolute atomic E-state index is 14.2. The number of halogens is 2. The third kappa shape index (κ3) is 3.68. The van der Waals surface area contributed by atoms with Crippen molar-refractivity contribution in [2.24, 2.45) is 11.7 Å². The van der Waals surface area contributed by atoms with Crippen molar-refractivity contribution in [1.29, 1.82) is 0 Å². The Hall–Kier alpha value is -3.25. The van der Waals surface area contributed by atoms with E-state index in [9.17, 15) is 13.6 Å². The average molecular weight is 423 g/mol. The second-order valence-electron chi connectivity index (χ2n) is 8.24. The largest absolute Gasteiger partial charge is 0.369 e. The predicted octanol–water partition coefficient (Wildman–Crippen LogP) is 4.20. The van der Waals surface area contributed by atoms with E-state index < -0.39 is 23.0 Å². The van der Waals surface area contributed by atoms with Gasteiger partial charge in [-0.2, -0.15) is 4.39 Å². The molecule has 4 rings (SSSR count). The Morgan fingerprint density at radius 2 is 1.55 bits per heavy atom. The van der Waals surface area contributed by atoms with Gasteiger partial charge in [0.05, 0.1) is 0 Å². The lowest BCUT2D eigenvalue weighted by atomic mass is 9.64. The number of rotatable bonds is 6. The van der Waals surface area contributed by atoms with Gasteiger partial charge in [-0.15, -0.1) is 4.65 Å². The van der Waals surface area contributed by atoms with Crippen molar-refractivity contribution in [1.82, 2.24) is 0 Å². The van der Waals surface area contributed by atoms with E-state index in [1.54, 1.807) is 0 Å². The van der Waals surface area contributed by atoms with Crippen molar-refractivity contribution in [2.45, 2.75) is 11.8 Å². The molecule has 1 fully saturated rings. The Morgan fingerprint density at radius 1 is 0.968 bits per heavy atom. The zero-order chi connectivity index (χ0) is 22.1. The van der Waals surface area contributed by atoms with Crippen LogP contribution in [0.3, 0.4) is 0 Å². The van der Waals surface area contributed by atoms with Gasteiger partial charge in [0.25, 0.3) is 0 Å². The van der Waals surface area contributed by atoms with Crippen molar-refractivity contribution in [3.05, 3.63) is 102 Å². The molecule has 1 aliphatic rings. The first kappa shape index (κ1) is 21.0. The van der Waals surface area contributed by atoms with Crippen molar-refractivity contribution >= 4 is 5.91 Å². The summed E-state index contributed by atoms with van der Waals surface area (Å²) in [6.45, 7) is 0.929. The van der Waals surface area contributed by atoms with E-state index in [0.29, 0.717) is 19.5 Å². The van der Waals surface area contributed by atoms with Crippen LogP contribution in [-0.4, -0.2) is 30.7 Å². The number of benzene rings is 3. The van der Waals surface area contributed by atoms with Crippen LogP contribution in [0.2, 0.25) is 0 Å². The summed E-state index contributed by atoms with van der Waals surface area (Å²) >= 11 is 0. The van der Waals surface area contributed by atoms with E-state index >= 15 is 0 Å². The number of amides is 1. The molecule has 31 heavy (non-hydrogen) atoms. The molecule has 2 atom stereocenters. The third-order valence-electron chi connectivity index (χ3n) is 6.25. The van der Waals surface area contributed by atoms with Crippen LogP contribution in [0.25, 0.3) is 0 Å². The maximum atomic E-state index is 14.2. The molecule has 1 saturated heterocycles. The zero-order valence-corrected chi connectivity index (χ0v) is 17.3. The van der Waals surface area contributed by atoms with E-state index in [4.69, 9.17) is 10.6 Å². The molecule has 0 aliphatic carbocycles. The molecule has 0 aromatic heterocycles. The minimum atomic E-state index is -1.07. The van der Waals surface area contributed by atoms with Gasteiger partial charge in [0.15, 0.2) is 5.82 Å². The Balaban J connectivity index is 1.75. The topological polar surface area (TPSA) is 52.3 Å². The Bertz CT molecular complexity index is 1040. The second-order valence-corrected chi connectivity index (χ2v) is 8.24. The molecular formula is C25H25F2N2O2+. The van der Waals surface area contributed by atoms with Crippen molar-refractivity contribution in [3.63, 3.8) is 0 Å². The highest BCUT2D eigenvalue weighted by molar-refractivity contribution is 5.91. The number of hydrogen-bond acceptors (Lipinski definition) is 2. The van der Waals surface area contributed by atoms with Gasteiger partial charge in [-0.3, -0.25) is 4.79 Å². The van der Waals surface area contributed by atoms with Gasteiger partial charge in [0, 0.05) is 12.3 Å². The van der Waals surface area contributed by atoms with Crippen LogP contribution in [0, 0.1) is 17.6 Å². The molecule has 3 aromatic carbocycles. The van der Waals surface area contributed by atoms with Gasteiger partial charge in [-0.25, -0.2) is 4.39 Å². The quantitative estimate of drug-likeness (QED) is 0.605. The fraction of sp³-hybridized carbons (Fsp3) is 0.240. The number of hydrogen-bond donors (Lipinski definition) is 1. The number of quaternary nitrogens is 1. The molecular weight excluding hydrogens is 398 g/mol. The third-order valence-corrected chi connectivity index (χ3v) is 6.25. The zero-order valence-electron chi connectivity index (χ0n) is 17.3. The highest BCUT2D eigenvalue weighted by Crippen LogP contribution is 2.45. The number of nitrogens with two attached hydrogens (primary N) is 1. The molecule has 4 nitrogen and oxygen atoms in total. The lowest BCUT2D eigenvalue weighted by Gasteiger charge is -2.37. The van der Waals surface area contributed by atoms with Crippen LogP contribution in [0.15, 0.2) is 78.9 Å². The van der Waals surface area contributed by atoms with Crippen LogP contribution in [0.1, 0.15) is 17.5 Å². The van der Waals surface area contributed by atoms with Gasteiger partial charge < -0.3 is 10.6 Å². The summed E-state index contributed by atoms with van der Waals surface area (Å²) in [6.07, 6.45) is 0.625. The molecule has 6 heteroatoms. The highest BCUT2D eigenvalue weighted by Gasteiger charge is 2.54. The SMILES string of the molecule is C[N+]1(Oc2cccc(F)c2F)CCC(C(C(N)=O)(c2ccccc2)c2ccccc2)C1. The van der Waals surface area contributed by atoms with Crippen molar-refractivity contribution < 1.29 is 23.1 Å². The average Bonchev–Trinajstić information content (AvgIpc) is 3.15. The van der Waals surface area contributed by atoms with Crippen LogP contribution in [-0.2, 0) is 10.2 Å². The number of hydroxylamine groups is 3. The van der Waals surface area contributed by atoms with E-state index in [0.717, 1.165) is 17.2 Å². The van der Waals surface area contributed by atoms with Gasteiger partial charge in [0.1, 0.15) is 25.6 Å². The summed E-state index contributed by atoms with van der Waals surface area (Å²) in [5.74, 6) is -2.76. The van der Waals surface area contributed by atoms with Crippen molar-refractivity contribution in [3.8, 4) is 5.75 Å². The predicted molar refractivity (Wildman–Crippen MR) is 114 cm³/mol. The minimum absolute atomic E-state index is 0.0136. The standard InChI is InChI=1S/C25H24F2N2O2/c1-29(31-22-14-8-13-21(26)23(22)27)16-15-20(17-29)25(24(28)30,18-9-4-2-5-10-18)19-11-6-3-7-12-19/h2-14,20H,15-17H2,1H3,(H-,28,30)/p+1. The Morgan fingerprint density at radius 3 is 2.10 bits per heavy atom. The summed E-state index contributed by atoms with van der Waals surface area (Å²) in [5.41, 5.74) is 6.66. The molecule has 0 bridgehead atoms. The molecule has 3 aromatic rings. The fourth-order valence-electron chi connectivity index (χ4n) is 4.83. The molecule has 1 aliphatic heterocycles. The second kappa shape index (κ2) is 8.12. The molecule has 160 valence electrons. The van der Waals surface area contributed by atoms with E-state index in [-0.39, 0.29) is 16.3 Å². The molecule has 1 heterocycles.